The first kappa shape index (κ1) is 38.1. The quantitative estimate of drug-likeness (QED) is 0.0517. The lowest BCUT2D eigenvalue weighted by Gasteiger charge is -2.38. The Morgan fingerprint density at radius 2 is 0.875 bits per heavy atom. The van der Waals surface area contributed by atoms with Crippen LogP contribution >= 0.6 is 0 Å². The second kappa shape index (κ2) is 27.3. The predicted molar refractivity (Wildman–Crippen MR) is 161 cm³/mol. The molecule has 0 aromatic heterocycles. The molecule has 0 heterocycles. The molecule has 7 heteroatoms. The Morgan fingerprint density at radius 1 is 0.525 bits per heavy atom. The molecule has 0 amide bonds. The van der Waals surface area contributed by atoms with Gasteiger partial charge in [-0.05, 0) is 19.3 Å². The van der Waals surface area contributed by atoms with E-state index < -0.39 is 17.9 Å². The van der Waals surface area contributed by atoms with Gasteiger partial charge in [0.2, 0.25) is 0 Å². The molecule has 7 nitrogen and oxygen atoms in total. The van der Waals surface area contributed by atoms with E-state index in [2.05, 4.69) is 19.1 Å². The Morgan fingerprint density at radius 3 is 1.25 bits per heavy atom. The van der Waals surface area contributed by atoms with Gasteiger partial charge in [-0.2, -0.15) is 0 Å². The van der Waals surface area contributed by atoms with E-state index in [0.717, 1.165) is 19.3 Å². The molecule has 40 heavy (non-hydrogen) atoms. The van der Waals surface area contributed by atoms with Gasteiger partial charge in [0.1, 0.15) is 0 Å². The van der Waals surface area contributed by atoms with E-state index in [4.69, 9.17) is 10.2 Å². The van der Waals surface area contributed by atoms with Crippen molar-refractivity contribution in [3.05, 3.63) is 12.2 Å². The molecule has 0 aromatic rings. The van der Waals surface area contributed by atoms with Crippen LogP contribution in [0.4, 0.5) is 0 Å². The SMILES string of the molecule is CCCCCCCCCCCCCCCCCCC/C=C/CCC[N+](CCC(=O)[O-])(CCC(=O)O)CCC(=O)O. The summed E-state index contributed by atoms with van der Waals surface area (Å²) in [6.07, 6.45) is 29.9. The fourth-order valence-corrected chi connectivity index (χ4v) is 5.43. The summed E-state index contributed by atoms with van der Waals surface area (Å²) in [5, 5.41) is 29.3. The highest BCUT2D eigenvalue weighted by Crippen LogP contribution is 2.16. The van der Waals surface area contributed by atoms with Crippen LogP contribution in [0.2, 0.25) is 0 Å². The lowest BCUT2D eigenvalue weighted by molar-refractivity contribution is -0.927. The summed E-state index contributed by atoms with van der Waals surface area (Å²) < 4.78 is 0.194. The van der Waals surface area contributed by atoms with Gasteiger partial charge in [-0.25, -0.2) is 0 Å². The van der Waals surface area contributed by atoms with Crippen molar-refractivity contribution in [2.75, 3.05) is 26.2 Å². The van der Waals surface area contributed by atoms with E-state index in [-0.39, 0.29) is 43.4 Å². The van der Waals surface area contributed by atoms with Gasteiger partial charge in [0.05, 0.1) is 39.0 Å². The smallest absolute Gasteiger partial charge is 0.309 e. The van der Waals surface area contributed by atoms with Crippen molar-refractivity contribution in [2.45, 2.75) is 155 Å². The third-order valence-electron chi connectivity index (χ3n) is 8.03. The molecule has 0 radical (unpaired) electrons. The van der Waals surface area contributed by atoms with Crippen molar-refractivity contribution in [1.29, 1.82) is 0 Å². The highest BCUT2D eigenvalue weighted by Gasteiger charge is 2.28. The number of carboxylic acids is 3. The van der Waals surface area contributed by atoms with Crippen molar-refractivity contribution >= 4 is 17.9 Å². The van der Waals surface area contributed by atoms with E-state index >= 15 is 0 Å². The zero-order chi connectivity index (χ0) is 29.7. The maximum atomic E-state index is 11.1. The molecular formula is C33H61NO6. The molecule has 0 saturated carbocycles. The normalized spacial score (nSPS) is 11.8. The number of carboxylic acid groups (broad SMARTS) is 3. The number of allylic oxidation sites excluding steroid dienone is 2. The lowest BCUT2D eigenvalue weighted by atomic mass is 10.0. The summed E-state index contributed by atoms with van der Waals surface area (Å²) in [4.78, 5) is 33.3. The molecule has 0 spiro atoms. The fourth-order valence-electron chi connectivity index (χ4n) is 5.43. The largest absolute Gasteiger partial charge is 0.550 e. The average molecular weight is 568 g/mol. The number of unbranched alkanes of at least 4 members (excludes halogenated alkanes) is 18. The van der Waals surface area contributed by atoms with Crippen molar-refractivity contribution in [1.82, 2.24) is 0 Å². The molecule has 0 aliphatic heterocycles. The molecule has 234 valence electrons. The molecule has 0 unspecified atom stereocenters. The second-order valence-electron chi connectivity index (χ2n) is 11.7. The van der Waals surface area contributed by atoms with Crippen LogP contribution < -0.4 is 5.11 Å². The number of carbonyl (C=O) groups excluding carboxylic acids is 1. The maximum Gasteiger partial charge on any atom is 0.309 e. The Balaban J connectivity index is 3.87. The molecule has 0 bridgehead atoms. The first-order chi connectivity index (χ1) is 19.3. The lowest BCUT2D eigenvalue weighted by Crippen LogP contribution is -2.52. The number of carbonyl (C=O) groups is 3. The van der Waals surface area contributed by atoms with E-state index in [1.54, 1.807) is 0 Å². The molecule has 0 rings (SSSR count). The molecule has 0 aliphatic carbocycles. The van der Waals surface area contributed by atoms with Crippen molar-refractivity contribution in [3.63, 3.8) is 0 Å². The molecular weight excluding hydrogens is 506 g/mol. The number of rotatable bonds is 31. The molecule has 0 aromatic carbocycles. The molecule has 0 saturated heterocycles. The van der Waals surface area contributed by atoms with Gasteiger partial charge in [0.15, 0.2) is 0 Å². The molecule has 0 fully saturated rings. The molecule has 0 aliphatic rings. The van der Waals surface area contributed by atoms with Crippen LogP contribution in [-0.2, 0) is 14.4 Å². The maximum absolute atomic E-state index is 11.1. The Bertz CT molecular complexity index is 618. The number of quaternary nitrogens is 1. The van der Waals surface area contributed by atoms with Crippen LogP contribution in [0.25, 0.3) is 0 Å². The van der Waals surface area contributed by atoms with Gasteiger partial charge in [-0.15, -0.1) is 0 Å². The minimum atomic E-state index is -1.19. The second-order valence-corrected chi connectivity index (χ2v) is 11.7. The minimum absolute atomic E-state index is 0.109. The van der Waals surface area contributed by atoms with Gasteiger partial charge in [0, 0.05) is 18.8 Å². The van der Waals surface area contributed by atoms with Crippen LogP contribution in [0.5, 0.6) is 0 Å². The monoisotopic (exact) mass is 567 g/mol. The standard InChI is InChI=1S/C33H61NO6/c1-2-3-4-5-6-7-8-9-10-11-12-13-14-15-16-17-18-19-20-21-22-23-27-34(28-24-31(35)36,29-25-32(37)38)30-26-33(39)40/h20-21H,2-19,22-30H2,1H3,(H2-,35,36,37,38,39,40)/b21-20+. The summed E-state index contributed by atoms with van der Waals surface area (Å²) in [5.74, 6) is -3.11. The molecule has 0 atom stereocenters. The van der Waals surface area contributed by atoms with Gasteiger partial charge in [0.25, 0.3) is 0 Å². The van der Waals surface area contributed by atoms with E-state index in [9.17, 15) is 19.5 Å². The predicted octanol–water partition coefficient (Wildman–Crippen LogP) is 7.27. The Hall–Kier alpha value is -1.89. The first-order valence-corrected chi connectivity index (χ1v) is 16.4. The van der Waals surface area contributed by atoms with Gasteiger partial charge in [-0.3, -0.25) is 9.59 Å². The van der Waals surface area contributed by atoms with Gasteiger partial charge in [-0.1, -0.05) is 122 Å². The van der Waals surface area contributed by atoms with Gasteiger partial charge < -0.3 is 24.6 Å². The summed E-state index contributed by atoms with van der Waals surface area (Å²) in [7, 11) is 0. The summed E-state index contributed by atoms with van der Waals surface area (Å²) in [5.41, 5.74) is 0. The number of hydrogen-bond acceptors (Lipinski definition) is 4. The Kier molecular flexibility index (Phi) is 26.0. The number of aliphatic carboxylic acids is 3. The first-order valence-electron chi connectivity index (χ1n) is 16.4. The number of nitrogens with zero attached hydrogens (tertiary/aromatic N) is 1. The van der Waals surface area contributed by atoms with E-state index in [1.807, 2.05) is 0 Å². The van der Waals surface area contributed by atoms with E-state index in [0.29, 0.717) is 6.54 Å². The average Bonchev–Trinajstić information content (AvgIpc) is 2.92. The third-order valence-corrected chi connectivity index (χ3v) is 8.03. The summed E-state index contributed by atoms with van der Waals surface area (Å²) in [6, 6.07) is 0. The van der Waals surface area contributed by atoms with Crippen LogP contribution in [-0.4, -0.2) is 58.8 Å². The highest BCUT2D eigenvalue weighted by molar-refractivity contribution is 5.67. The van der Waals surface area contributed by atoms with Crippen molar-refractivity contribution in [2.24, 2.45) is 0 Å². The van der Waals surface area contributed by atoms with E-state index in [1.165, 1.54) is 109 Å². The molecule has 2 N–H and O–H groups in total. The van der Waals surface area contributed by atoms with Crippen LogP contribution in [0.15, 0.2) is 12.2 Å². The Labute approximate surface area is 245 Å². The minimum Gasteiger partial charge on any atom is -0.550 e. The van der Waals surface area contributed by atoms with Crippen LogP contribution in [0.1, 0.15) is 155 Å². The highest BCUT2D eigenvalue weighted by atomic mass is 16.4. The van der Waals surface area contributed by atoms with Gasteiger partial charge >= 0.3 is 11.9 Å². The topological polar surface area (TPSA) is 115 Å². The van der Waals surface area contributed by atoms with Crippen LogP contribution in [0.3, 0.4) is 0 Å². The fraction of sp³-hybridized carbons (Fsp3) is 0.848. The number of hydrogen-bond donors (Lipinski definition) is 2. The van der Waals surface area contributed by atoms with Crippen molar-refractivity contribution in [3.8, 4) is 0 Å². The summed E-state index contributed by atoms with van der Waals surface area (Å²) >= 11 is 0. The van der Waals surface area contributed by atoms with Crippen molar-refractivity contribution < 1.29 is 34.2 Å². The zero-order valence-electron chi connectivity index (χ0n) is 25.7. The summed E-state index contributed by atoms with van der Waals surface area (Å²) in [6.45, 7) is 3.51. The third kappa shape index (κ3) is 26.3. The zero-order valence-corrected chi connectivity index (χ0v) is 25.7. The van der Waals surface area contributed by atoms with Crippen LogP contribution in [0, 0.1) is 0 Å².